The molecule has 0 saturated carbocycles. The molecule has 0 heterocycles. The molecule has 452 valence electrons. The van der Waals surface area contributed by atoms with Crippen LogP contribution in [0, 0.1) is 0 Å². The summed E-state index contributed by atoms with van der Waals surface area (Å²) in [5.74, 6) is -0.0373. The number of nitrogens with one attached hydrogen (secondary N) is 1. The Kier molecular flexibility index (Phi) is 64.5. The lowest BCUT2D eigenvalue weighted by molar-refractivity contribution is -0.143. The minimum Gasteiger partial charge on any atom is -0.466 e. The summed E-state index contributed by atoms with van der Waals surface area (Å²) in [7, 11) is 0. The van der Waals surface area contributed by atoms with Gasteiger partial charge in [0, 0.05) is 12.8 Å². The van der Waals surface area contributed by atoms with Gasteiger partial charge in [-0.05, 0) is 89.9 Å². The zero-order valence-corrected chi connectivity index (χ0v) is 51.7. The van der Waals surface area contributed by atoms with Crippen LogP contribution in [-0.4, -0.2) is 47.4 Å². The molecule has 0 aromatic carbocycles. The molecule has 0 aliphatic carbocycles. The first-order valence-electron chi connectivity index (χ1n) is 34.4. The van der Waals surface area contributed by atoms with Gasteiger partial charge in [0.2, 0.25) is 5.91 Å². The molecule has 77 heavy (non-hydrogen) atoms. The summed E-state index contributed by atoms with van der Waals surface area (Å²) in [5.41, 5.74) is 0. The van der Waals surface area contributed by atoms with E-state index < -0.39 is 12.1 Å². The molecule has 0 aromatic rings. The van der Waals surface area contributed by atoms with Gasteiger partial charge in [-0.25, -0.2) is 0 Å². The molecule has 2 unspecified atom stereocenters. The highest BCUT2D eigenvalue weighted by atomic mass is 16.5. The largest absolute Gasteiger partial charge is 0.466 e. The van der Waals surface area contributed by atoms with Crippen LogP contribution >= 0.6 is 0 Å². The van der Waals surface area contributed by atoms with E-state index in [-0.39, 0.29) is 18.5 Å². The minimum absolute atomic E-state index is 0.00141. The van der Waals surface area contributed by atoms with E-state index in [9.17, 15) is 19.8 Å². The predicted molar refractivity (Wildman–Crippen MR) is 338 cm³/mol. The third-order valence-electron chi connectivity index (χ3n) is 15.9. The van der Waals surface area contributed by atoms with Crippen molar-refractivity contribution in [2.45, 2.75) is 379 Å². The van der Waals surface area contributed by atoms with Crippen molar-refractivity contribution in [1.82, 2.24) is 5.32 Å². The van der Waals surface area contributed by atoms with Gasteiger partial charge in [-0.2, -0.15) is 0 Å². The van der Waals surface area contributed by atoms with Crippen molar-refractivity contribution in [2.75, 3.05) is 13.2 Å². The fourth-order valence-electron chi connectivity index (χ4n) is 10.6. The van der Waals surface area contributed by atoms with Crippen LogP contribution < -0.4 is 5.32 Å². The molecule has 0 aromatic heterocycles. The fourth-order valence-corrected chi connectivity index (χ4v) is 10.6. The molecule has 6 heteroatoms. The molecule has 6 nitrogen and oxygen atoms in total. The summed E-state index contributed by atoms with van der Waals surface area (Å²) >= 11 is 0. The number of carbonyl (C=O) groups is 2. The monoisotopic (exact) mass is 1080 g/mol. The second kappa shape index (κ2) is 66.3. The second-order valence-corrected chi connectivity index (χ2v) is 23.5. The summed E-state index contributed by atoms with van der Waals surface area (Å²) < 4.78 is 5.49. The number of aliphatic hydroxyl groups excluding tert-OH is 2. The quantitative estimate of drug-likeness (QED) is 0.0320. The Morgan fingerprint density at radius 3 is 1.01 bits per heavy atom. The van der Waals surface area contributed by atoms with Crippen LogP contribution in [0.2, 0.25) is 0 Å². The van der Waals surface area contributed by atoms with Gasteiger partial charge in [0.1, 0.15) is 0 Å². The van der Waals surface area contributed by atoms with Gasteiger partial charge in [0.25, 0.3) is 0 Å². The smallest absolute Gasteiger partial charge is 0.305 e. The first-order chi connectivity index (χ1) is 38.0. The highest BCUT2D eigenvalue weighted by molar-refractivity contribution is 5.76. The lowest BCUT2D eigenvalue weighted by Gasteiger charge is -2.22. The zero-order chi connectivity index (χ0) is 55.7. The molecule has 0 bridgehead atoms. The van der Waals surface area contributed by atoms with Gasteiger partial charge < -0.3 is 20.3 Å². The number of hydrogen-bond donors (Lipinski definition) is 3. The molecule has 0 radical (unpaired) electrons. The maximum atomic E-state index is 12.5. The number of amides is 1. The number of aliphatic hydroxyl groups is 2. The molecule has 3 N–H and O–H groups in total. The molecule has 0 fully saturated rings. The summed E-state index contributed by atoms with van der Waals surface area (Å²) in [4.78, 5) is 24.6. The third kappa shape index (κ3) is 62.9. The van der Waals surface area contributed by atoms with E-state index in [4.69, 9.17) is 4.74 Å². The Hall–Kier alpha value is -2.18. The molecule has 0 rings (SSSR count). The van der Waals surface area contributed by atoms with Crippen LogP contribution in [0.1, 0.15) is 367 Å². The number of rotatable bonds is 64. The number of allylic oxidation sites excluding steroid dienone is 8. The highest BCUT2D eigenvalue weighted by Crippen LogP contribution is 2.18. The van der Waals surface area contributed by atoms with Crippen molar-refractivity contribution in [3.05, 3.63) is 48.6 Å². The average molecular weight is 1080 g/mol. The maximum Gasteiger partial charge on any atom is 0.305 e. The van der Waals surface area contributed by atoms with Crippen molar-refractivity contribution in [3.8, 4) is 0 Å². The van der Waals surface area contributed by atoms with Gasteiger partial charge in [-0.3, -0.25) is 9.59 Å². The zero-order valence-electron chi connectivity index (χ0n) is 51.7. The van der Waals surface area contributed by atoms with E-state index in [0.717, 1.165) is 57.8 Å². The van der Waals surface area contributed by atoms with E-state index in [2.05, 4.69) is 67.8 Å². The minimum atomic E-state index is -0.670. The van der Waals surface area contributed by atoms with Gasteiger partial charge in [0.05, 0.1) is 25.4 Å². The second-order valence-electron chi connectivity index (χ2n) is 23.5. The number of unbranched alkanes of at least 4 members (excludes halogenated alkanes) is 45. The van der Waals surface area contributed by atoms with Crippen LogP contribution in [0.15, 0.2) is 48.6 Å². The van der Waals surface area contributed by atoms with Crippen LogP contribution in [0.4, 0.5) is 0 Å². The Balaban J connectivity index is 3.43. The van der Waals surface area contributed by atoms with Crippen molar-refractivity contribution < 1.29 is 24.5 Å². The van der Waals surface area contributed by atoms with Crippen molar-refractivity contribution >= 4 is 11.9 Å². The Labute approximate surface area is 480 Å². The van der Waals surface area contributed by atoms with Gasteiger partial charge in [-0.1, -0.05) is 313 Å². The summed E-state index contributed by atoms with van der Waals surface area (Å²) in [6.45, 7) is 4.94. The number of hydrogen-bond acceptors (Lipinski definition) is 5. The van der Waals surface area contributed by atoms with E-state index >= 15 is 0 Å². The summed E-state index contributed by atoms with van der Waals surface area (Å²) in [5, 5.41) is 23.4. The molecule has 1 amide bonds. The standard InChI is InChI=1S/C71H133NO5/c1-3-5-7-9-11-13-15-17-19-21-32-35-39-43-47-51-55-59-63-69(74)68(67-73)72-70(75)64-60-56-52-48-44-40-36-33-29-27-25-23-22-24-26-28-30-34-38-42-46-50-54-58-62-66-77-71(76)65-61-57-53-49-45-41-37-31-20-18-16-14-12-10-8-6-4-2/h12,14,18,20,23-26,68-69,73-74H,3-11,13,15-17,19,21-22,27-67H2,1-2H3,(H,72,75)/b14-12-,20-18-,25-23-,26-24-. The Morgan fingerprint density at radius 2 is 0.649 bits per heavy atom. The Morgan fingerprint density at radius 1 is 0.364 bits per heavy atom. The fraction of sp³-hybridized carbons (Fsp3) is 0.859. The van der Waals surface area contributed by atoms with Crippen LogP contribution in [0.5, 0.6) is 0 Å². The molecule has 2 atom stereocenters. The van der Waals surface area contributed by atoms with Gasteiger partial charge >= 0.3 is 5.97 Å². The van der Waals surface area contributed by atoms with Crippen molar-refractivity contribution in [2.24, 2.45) is 0 Å². The molecule has 0 aliphatic heterocycles. The van der Waals surface area contributed by atoms with Crippen molar-refractivity contribution in [1.29, 1.82) is 0 Å². The molecule has 0 aliphatic rings. The first kappa shape index (κ1) is 74.8. The van der Waals surface area contributed by atoms with Crippen LogP contribution in [0.3, 0.4) is 0 Å². The molecular formula is C71H133NO5. The number of carbonyl (C=O) groups excluding carboxylic acids is 2. The number of esters is 1. The lowest BCUT2D eigenvalue weighted by atomic mass is 10.0. The molecular weight excluding hydrogens is 947 g/mol. The lowest BCUT2D eigenvalue weighted by Crippen LogP contribution is -2.45. The SMILES string of the molecule is CCCCC/C=C\C/C=C\CCCCCCCCCC(=O)OCCCCCCCCCCC/C=C\C/C=C\CCCCCCCCCCCC(=O)NC(CO)C(O)CCCCCCCCCCCCCCCCCCCC. The summed E-state index contributed by atoms with van der Waals surface area (Å²) in [6.07, 6.45) is 85.7. The molecule has 0 saturated heterocycles. The van der Waals surface area contributed by atoms with Crippen LogP contribution in [0.25, 0.3) is 0 Å². The highest BCUT2D eigenvalue weighted by Gasteiger charge is 2.20. The van der Waals surface area contributed by atoms with E-state index in [1.165, 1.54) is 276 Å². The normalized spacial score (nSPS) is 12.8. The number of ether oxygens (including phenoxy) is 1. The van der Waals surface area contributed by atoms with E-state index in [1.54, 1.807) is 0 Å². The van der Waals surface area contributed by atoms with E-state index in [0.29, 0.717) is 25.9 Å². The summed E-state index contributed by atoms with van der Waals surface area (Å²) in [6, 6.07) is -0.548. The van der Waals surface area contributed by atoms with Gasteiger partial charge in [-0.15, -0.1) is 0 Å². The maximum absolute atomic E-state index is 12.5. The first-order valence-corrected chi connectivity index (χ1v) is 34.4. The predicted octanol–water partition coefficient (Wildman–Crippen LogP) is 22.1. The molecule has 0 spiro atoms. The topological polar surface area (TPSA) is 95.9 Å². The van der Waals surface area contributed by atoms with Crippen LogP contribution in [-0.2, 0) is 14.3 Å². The van der Waals surface area contributed by atoms with E-state index in [1.807, 2.05) is 0 Å². The third-order valence-corrected chi connectivity index (χ3v) is 15.9. The van der Waals surface area contributed by atoms with Gasteiger partial charge in [0.15, 0.2) is 0 Å². The average Bonchev–Trinajstić information content (AvgIpc) is 3.43. The Bertz CT molecular complexity index is 1290. The van der Waals surface area contributed by atoms with Crippen molar-refractivity contribution in [3.63, 3.8) is 0 Å².